The van der Waals surface area contributed by atoms with E-state index in [1.807, 2.05) is 0 Å². The van der Waals surface area contributed by atoms with Crippen LogP contribution in [-0.2, 0) is 20.4 Å². The molecule has 0 amide bonds. The van der Waals surface area contributed by atoms with Gasteiger partial charge in [0.15, 0.2) is 0 Å². The summed E-state index contributed by atoms with van der Waals surface area (Å²) in [5, 5.41) is 17.3. The van der Waals surface area contributed by atoms with Crippen molar-refractivity contribution >= 4 is 20.4 Å². The Balaban J connectivity index is 4.84. The van der Waals surface area contributed by atoms with Crippen molar-refractivity contribution in [3.8, 4) is 12.1 Å². The Bertz CT molecular complexity index is 504. The summed E-state index contributed by atoms with van der Waals surface area (Å²) < 4.78 is 65.4. The lowest BCUT2D eigenvalue weighted by molar-refractivity contribution is 0.464. The zero-order chi connectivity index (χ0) is 13.7. The van der Waals surface area contributed by atoms with Gasteiger partial charge in [-0.3, -0.25) is 0 Å². The summed E-state index contributed by atoms with van der Waals surface area (Å²) in [5.41, 5.74) is -2.03. The highest BCUT2D eigenvalue weighted by molar-refractivity contribution is 7.86. The molecule has 0 aliphatic heterocycles. The van der Waals surface area contributed by atoms with Crippen molar-refractivity contribution in [1.82, 2.24) is 0 Å². The average Bonchev–Trinajstić information content (AvgIpc) is 2.16. The summed E-state index contributed by atoms with van der Waals surface area (Å²) in [6.45, 7) is 0. The van der Waals surface area contributed by atoms with Crippen molar-refractivity contribution in [2.24, 2.45) is 5.41 Å². The second kappa shape index (κ2) is 5.38. The van der Waals surface area contributed by atoms with Crippen molar-refractivity contribution in [2.75, 3.05) is 11.5 Å². The van der Waals surface area contributed by atoms with Crippen LogP contribution in [0.25, 0.3) is 0 Å². The molecule has 0 saturated heterocycles. The second-order valence-corrected chi connectivity index (χ2v) is 6.26. The summed E-state index contributed by atoms with van der Waals surface area (Å²) in [4.78, 5) is 0. The fourth-order valence-corrected chi connectivity index (χ4v) is 2.15. The maximum absolute atomic E-state index is 12.2. The minimum Gasteiger partial charge on any atom is -0.197 e. The van der Waals surface area contributed by atoms with Crippen LogP contribution in [0, 0.1) is 28.1 Å². The fourth-order valence-electron chi connectivity index (χ4n) is 0.966. The molecule has 0 aromatic rings. The normalized spacial score (nSPS) is 12.7. The van der Waals surface area contributed by atoms with Crippen LogP contribution < -0.4 is 0 Å². The lowest BCUT2D eigenvalue weighted by Crippen LogP contribution is -2.23. The van der Waals surface area contributed by atoms with Crippen molar-refractivity contribution in [3.05, 3.63) is 0 Å². The zero-order valence-electron chi connectivity index (χ0n) is 8.43. The molecule has 0 fully saturated rings. The molecular weight excluding hydrogens is 278 g/mol. The van der Waals surface area contributed by atoms with Crippen LogP contribution in [0.3, 0.4) is 0 Å². The zero-order valence-corrected chi connectivity index (χ0v) is 10.1. The fraction of sp³-hybridized carbons (Fsp3) is 0.714. The molecule has 0 saturated carbocycles. The number of nitrogens with zero attached hydrogens (tertiary/aromatic N) is 2. The smallest absolute Gasteiger partial charge is 0.197 e. The highest BCUT2D eigenvalue weighted by atomic mass is 32.3. The van der Waals surface area contributed by atoms with Gasteiger partial charge in [0.1, 0.15) is 5.41 Å². The van der Waals surface area contributed by atoms with Crippen LogP contribution >= 0.6 is 0 Å². The molecule has 0 aliphatic carbocycles. The van der Waals surface area contributed by atoms with E-state index in [2.05, 4.69) is 0 Å². The van der Waals surface area contributed by atoms with Crippen LogP contribution in [0.5, 0.6) is 0 Å². The van der Waals surface area contributed by atoms with Gasteiger partial charge < -0.3 is 0 Å². The van der Waals surface area contributed by atoms with Crippen molar-refractivity contribution in [1.29, 1.82) is 10.5 Å². The lowest BCUT2D eigenvalue weighted by Gasteiger charge is -2.15. The number of hydrogen-bond donors (Lipinski definition) is 0. The lowest BCUT2D eigenvalue weighted by atomic mass is 9.86. The highest BCUT2D eigenvalue weighted by Gasteiger charge is 2.33. The molecule has 0 unspecified atom stereocenters. The Labute approximate surface area is 97.9 Å². The topological polar surface area (TPSA) is 116 Å². The number of rotatable bonds is 6. The summed E-state index contributed by atoms with van der Waals surface area (Å²) in [5.74, 6) is -2.19. The first-order chi connectivity index (χ1) is 7.54. The van der Waals surface area contributed by atoms with E-state index in [-0.39, 0.29) is 0 Å². The van der Waals surface area contributed by atoms with E-state index >= 15 is 0 Å². The van der Waals surface area contributed by atoms with Crippen molar-refractivity contribution in [3.63, 3.8) is 0 Å². The molecule has 0 atom stereocenters. The van der Waals surface area contributed by atoms with E-state index in [4.69, 9.17) is 10.5 Å². The summed E-state index contributed by atoms with van der Waals surface area (Å²) in [7, 11) is -9.75. The number of nitriles is 2. The molecule has 0 aromatic carbocycles. The highest BCUT2D eigenvalue weighted by Crippen LogP contribution is 2.26. The van der Waals surface area contributed by atoms with E-state index in [0.717, 1.165) is 0 Å². The van der Waals surface area contributed by atoms with Gasteiger partial charge >= 0.3 is 20.4 Å². The van der Waals surface area contributed by atoms with Crippen molar-refractivity contribution < 1.29 is 24.6 Å². The maximum Gasteiger partial charge on any atom is 0.302 e. The van der Waals surface area contributed by atoms with Gasteiger partial charge in [-0.1, -0.05) is 0 Å². The first-order valence-corrected chi connectivity index (χ1v) is 7.31. The van der Waals surface area contributed by atoms with E-state index in [0.29, 0.717) is 0 Å². The van der Waals surface area contributed by atoms with Crippen LogP contribution in [0.1, 0.15) is 12.8 Å². The Morgan fingerprint density at radius 2 is 1.18 bits per heavy atom. The van der Waals surface area contributed by atoms with Crippen LogP contribution in [0.15, 0.2) is 0 Å². The van der Waals surface area contributed by atoms with E-state index in [1.54, 1.807) is 0 Å². The molecule has 0 radical (unpaired) electrons. The molecule has 0 spiro atoms. The first kappa shape index (κ1) is 15.7. The van der Waals surface area contributed by atoms with Crippen LogP contribution in [0.4, 0.5) is 7.77 Å². The Hall–Kier alpha value is -1.26. The van der Waals surface area contributed by atoms with Crippen LogP contribution in [-0.4, -0.2) is 28.3 Å². The molecule has 96 valence electrons. The van der Waals surface area contributed by atoms with E-state index < -0.39 is 50.2 Å². The third-order valence-electron chi connectivity index (χ3n) is 1.97. The van der Waals surface area contributed by atoms with Crippen molar-refractivity contribution in [2.45, 2.75) is 12.8 Å². The summed E-state index contributed by atoms with van der Waals surface area (Å²) in [6, 6.07) is 2.77. The van der Waals surface area contributed by atoms with Gasteiger partial charge in [-0.2, -0.15) is 27.4 Å². The first-order valence-electron chi connectivity index (χ1n) is 4.21. The Morgan fingerprint density at radius 3 is 1.35 bits per heavy atom. The van der Waals surface area contributed by atoms with Gasteiger partial charge in [-0.15, -0.1) is 7.77 Å². The SMILES string of the molecule is N#CC(C#N)(CCS(=O)(=O)F)CCS(=O)(=O)F. The summed E-state index contributed by atoms with van der Waals surface area (Å²) >= 11 is 0. The molecule has 0 aromatic heterocycles. The predicted octanol–water partition coefficient (Wildman–Crippen LogP) is 0.399. The minimum atomic E-state index is -4.88. The third kappa shape index (κ3) is 6.81. The quantitative estimate of drug-likeness (QED) is 0.652. The minimum absolute atomic E-state index is 0.714. The van der Waals surface area contributed by atoms with Gasteiger partial charge in [0.2, 0.25) is 0 Å². The van der Waals surface area contributed by atoms with Crippen LogP contribution in [0.2, 0.25) is 0 Å². The molecule has 10 heteroatoms. The number of halogens is 2. The maximum atomic E-state index is 12.2. The monoisotopic (exact) mass is 286 g/mol. The van der Waals surface area contributed by atoms with E-state index in [9.17, 15) is 24.6 Å². The average molecular weight is 286 g/mol. The molecule has 0 heterocycles. The second-order valence-electron chi connectivity index (χ2n) is 3.29. The van der Waals surface area contributed by atoms with Gasteiger partial charge in [0.05, 0.1) is 23.6 Å². The van der Waals surface area contributed by atoms with E-state index in [1.165, 1.54) is 12.1 Å². The molecular formula is C7H8F2N2O4S2. The molecule has 0 aliphatic rings. The Kier molecular flexibility index (Phi) is 4.98. The standard InChI is InChI=1S/C7H8F2N2O4S2/c8-16(12,13)3-1-7(5-10,6-11)2-4-17(9,14)15/h1-4H2. The van der Waals surface area contributed by atoms with Gasteiger partial charge in [0.25, 0.3) is 0 Å². The van der Waals surface area contributed by atoms with Gasteiger partial charge in [-0.25, -0.2) is 0 Å². The molecule has 0 rings (SSSR count). The van der Waals surface area contributed by atoms with Gasteiger partial charge in [0, 0.05) is 0 Å². The molecule has 17 heavy (non-hydrogen) atoms. The number of hydrogen-bond acceptors (Lipinski definition) is 6. The Morgan fingerprint density at radius 1 is 0.882 bits per heavy atom. The predicted molar refractivity (Wildman–Crippen MR) is 52.7 cm³/mol. The van der Waals surface area contributed by atoms with Gasteiger partial charge in [-0.05, 0) is 12.8 Å². The largest absolute Gasteiger partial charge is 0.302 e. The molecule has 0 bridgehead atoms. The third-order valence-corrected chi connectivity index (χ3v) is 3.36. The molecule has 0 N–H and O–H groups in total. The molecule has 6 nitrogen and oxygen atoms in total. The summed E-state index contributed by atoms with van der Waals surface area (Å²) in [6.07, 6.45) is -1.43.